The number of ketones is 1. The molecule has 0 aromatic carbocycles. The van der Waals surface area contributed by atoms with Gasteiger partial charge in [0.2, 0.25) is 0 Å². The van der Waals surface area contributed by atoms with Crippen molar-refractivity contribution in [3.05, 3.63) is 0 Å². The molecule has 0 rings (SSSR count). The van der Waals surface area contributed by atoms with E-state index in [0.717, 1.165) is 6.42 Å². The Morgan fingerprint density at radius 1 is 0.619 bits per heavy atom. The molecule has 0 aliphatic carbocycles. The highest BCUT2D eigenvalue weighted by Gasteiger charge is 1.98. The van der Waals surface area contributed by atoms with Gasteiger partial charge in [0.1, 0.15) is 5.78 Å². The Balaban J connectivity index is 2.98. The summed E-state index contributed by atoms with van der Waals surface area (Å²) in [6.45, 7) is 2.28. The van der Waals surface area contributed by atoms with Crippen LogP contribution in [0.5, 0.6) is 0 Å². The molecule has 0 N–H and O–H groups in total. The maximum Gasteiger partial charge on any atom is 0.147 e. The van der Waals surface area contributed by atoms with Crippen molar-refractivity contribution in [1.82, 2.24) is 0 Å². The number of carbonyl (C=O) groups excluding carboxylic acids is 1. The first-order valence-corrected chi connectivity index (χ1v) is 9.92. The van der Waals surface area contributed by atoms with Gasteiger partial charge in [-0.3, -0.25) is 4.79 Å². The van der Waals surface area contributed by atoms with Gasteiger partial charge in [0, 0.05) is 6.42 Å². The minimum absolute atomic E-state index is 0.193. The molecule has 0 aromatic heterocycles. The largest absolute Gasteiger partial charge is 0.298 e. The number of alkyl halides is 1. The quantitative estimate of drug-likeness (QED) is 0.207. The number of Topliss-reactive ketones (excluding diaryl/α,β-unsaturated/α-hetero) is 1. The zero-order valence-corrected chi connectivity index (χ0v) is 15.1. The summed E-state index contributed by atoms with van der Waals surface area (Å²) < 4.78 is 0. The third-order valence-electron chi connectivity index (χ3n) is 4.21. The van der Waals surface area contributed by atoms with Gasteiger partial charge in [-0.05, 0) is 6.42 Å². The lowest BCUT2D eigenvalue weighted by atomic mass is 10.0. The lowest BCUT2D eigenvalue weighted by Crippen LogP contribution is -1.98. The van der Waals surface area contributed by atoms with Crippen LogP contribution in [0.2, 0.25) is 0 Å². The highest BCUT2D eigenvalue weighted by atomic mass is 35.5. The molecule has 0 saturated carbocycles. The summed E-state index contributed by atoms with van der Waals surface area (Å²) in [4.78, 5) is 11.0. The van der Waals surface area contributed by atoms with E-state index in [9.17, 15) is 4.79 Å². The molecule has 21 heavy (non-hydrogen) atoms. The fourth-order valence-electron chi connectivity index (χ4n) is 2.76. The van der Waals surface area contributed by atoms with Gasteiger partial charge in [-0.1, -0.05) is 96.8 Å². The maximum absolute atomic E-state index is 11.0. The van der Waals surface area contributed by atoms with E-state index in [2.05, 4.69) is 6.92 Å². The number of rotatable bonds is 17. The normalized spacial score (nSPS) is 11.0. The summed E-state index contributed by atoms with van der Waals surface area (Å²) >= 11 is 5.47. The van der Waals surface area contributed by atoms with Gasteiger partial charge in [0.15, 0.2) is 0 Å². The monoisotopic (exact) mass is 316 g/mol. The lowest BCUT2D eigenvalue weighted by molar-refractivity contribution is -0.116. The van der Waals surface area contributed by atoms with Crippen LogP contribution in [0, 0.1) is 0 Å². The van der Waals surface area contributed by atoms with Gasteiger partial charge in [0.05, 0.1) is 5.88 Å². The smallest absolute Gasteiger partial charge is 0.147 e. The summed E-state index contributed by atoms with van der Waals surface area (Å²) in [6, 6.07) is 0. The van der Waals surface area contributed by atoms with Crippen LogP contribution in [0.3, 0.4) is 0 Å². The zero-order valence-electron chi connectivity index (χ0n) is 14.3. The van der Waals surface area contributed by atoms with E-state index in [1.807, 2.05) is 0 Å². The first kappa shape index (κ1) is 21.0. The summed E-state index contributed by atoms with van der Waals surface area (Å²) in [5.41, 5.74) is 0. The van der Waals surface area contributed by atoms with Crippen molar-refractivity contribution in [2.45, 2.75) is 110 Å². The van der Waals surface area contributed by atoms with Crippen molar-refractivity contribution in [1.29, 1.82) is 0 Å². The van der Waals surface area contributed by atoms with Gasteiger partial charge in [-0.15, -0.1) is 11.6 Å². The fourth-order valence-corrected chi connectivity index (χ4v) is 2.89. The molecule has 0 heterocycles. The van der Waals surface area contributed by atoms with Gasteiger partial charge in [-0.2, -0.15) is 0 Å². The van der Waals surface area contributed by atoms with E-state index in [0.29, 0.717) is 6.42 Å². The summed E-state index contributed by atoms with van der Waals surface area (Å²) in [5.74, 6) is 0.393. The van der Waals surface area contributed by atoms with E-state index in [4.69, 9.17) is 11.6 Å². The van der Waals surface area contributed by atoms with Gasteiger partial charge in [-0.25, -0.2) is 0 Å². The molecule has 0 unspecified atom stereocenters. The molecule has 0 radical (unpaired) electrons. The molecule has 126 valence electrons. The fraction of sp³-hybridized carbons (Fsp3) is 0.947. The van der Waals surface area contributed by atoms with E-state index in [-0.39, 0.29) is 11.7 Å². The Bertz CT molecular complexity index is 216. The van der Waals surface area contributed by atoms with Crippen LogP contribution in [0.4, 0.5) is 0 Å². The molecular weight excluding hydrogens is 280 g/mol. The number of unbranched alkanes of at least 4 members (excludes halogenated alkanes) is 14. The predicted octanol–water partition coefficient (Wildman–Crippen LogP) is 7.06. The van der Waals surface area contributed by atoms with Crippen LogP contribution in [0.1, 0.15) is 110 Å². The van der Waals surface area contributed by atoms with Crippen LogP contribution in [0.25, 0.3) is 0 Å². The number of halogens is 1. The maximum atomic E-state index is 11.0. The number of hydrogen-bond donors (Lipinski definition) is 0. The van der Waals surface area contributed by atoms with Crippen molar-refractivity contribution in [2.75, 3.05) is 5.88 Å². The van der Waals surface area contributed by atoms with E-state index >= 15 is 0 Å². The Morgan fingerprint density at radius 3 is 1.29 bits per heavy atom. The zero-order chi connectivity index (χ0) is 15.6. The van der Waals surface area contributed by atoms with Crippen molar-refractivity contribution < 1.29 is 4.79 Å². The lowest BCUT2D eigenvalue weighted by Gasteiger charge is -2.03. The molecule has 0 spiro atoms. The second-order valence-corrected chi connectivity index (χ2v) is 6.64. The third-order valence-corrected chi connectivity index (χ3v) is 4.51. The van der Waals surface area contributed by atoms with Crippen LogP contribution < -0.4 is 0 Å². The average Bonchev–Trinajstić information content (AvgIpc) is 2.50. The Kier molecular flexibility index (Phi) is 18.0. The average molecular weight is 317 g/mol. The minimum atomic E-state index is 0.193. The highest BCUT2D eigenvalue weighted by molar-refractivity contribution is 6.27. The van der Waals surface area contributed by atoms with Crippen molar-refractivity contribution >= 4 is 17.4 Å². The second-order valence-electron chi connectivity index (χ2n) is 6.37. The summed E-state index contributed by atoms with van der Waals surface area (Å²) in [5, 5.41) is 0. The Morgan fingerprint density at radius 2 is 0.952 bits per heavy atom. The Hall–Kier alpha value is -0.0400. The molecule has 0 saturated heterocycles. The molecule has 2 heteroatoms. The predicted molar refractivity (Wildman–Crippen MR) is 95.3 cm³/mol. The summed E-state index contributed by atoms with van der Waals surface area (Å²) in [6.07, 6.45) is 21.1. The molecule has 0 atom stereocenters. The van der Waals surface area contributed by atoms with Gasteiger partial charge in [0.25, 0.3) is 0 Å². The van der Waals surface area contributed by atoms with Crippen LogP contribution >= 0.6 is 11.6 Å². The number of carbonyl (C=O) groups is 1. The third kappa shape index (κ3) is 17.9. The van der Waals surface area contributed by atoms with Crippen LogP contribution in [-0.4, -0.2) is 11.7 Å². The number of hydrogen-bond acceptors (Lipinski definition) is 1. The van der Waals surface area contributed by atoms with Crippen molar-refractivity contribution in [2.24, 2.45) is 0 Å². The van der Waals surface area contributed by atoms with Crippen LogP contribution in [-0.2, 0) is 4.79 Å². The standard InChI is InChI=1S/C19H37ClO/c1-2-3-4-5-6-7-8-9-10-11-12-13-14-15-16-17-19(21)18-20/h2-18H2,1H3. The topological polar surface area (TPSA) is 17.1 Å². The first-order chi connectivity index (χ1) is 10.3. The SMILES string of the molecule is CCCCCCCCCCCCCCCCCC(=O)CCl. The molecule has 0 fully saturated rings. The molecular formula is C19H37ClO. The molecule has 1 nitrogen and oxygen atoms in total. The van der Waals surface area contributed by atoms with Gasteiger partial charge < -0.3 is 0 Å². The second kappa shape index (κ2) is 18.0. The van der Waals surface area contributed by atoms with Crippen LogP contribution in [0.15, 0.2) is 0 Å². The molecule has 0 aromatic rings. The first-order valence-electron chi connectivity index (χ1n) is 9.39. The van der Waals surface area contributed by atoms with Crippen molar-refractivity contribution in [3.63, 3.8) is 0 Å². The molecule has 0 aliphatic rings. The summed E-state index contributed by atoms with van der Waals surface area (Å²) in [7, 11) is 0. The van der Waals surface area contributed by atoms with Gasteiger partial charge >= 0.3 is 0 Å². The van der Waals surface area contributed by atoms with E-state index in [1.165, 1.54) is 89.9 Å². The molecule has 0 amide bonds. The van der Waals surface area contributed by atoms with E-state index in [1.54, 1.807) is 0 Å². The molecule has 0 aliphatic heterocycles. The molecule has 0 bridgehead atoms. The minimum Gasteiger partial charge on any atom is -0.298 e. The Labute approximate surface area is 138 Å². The highest BCUT2D eigenvalue weighted by Crippen LogP contribution is 2.13. The van der Waals surface area contributed by atoms with Crippen molar-refractivity contribution in [3.8, 4) is 0 Å². The van der Waals surface area contributed by atoms with E-state index < -0.39 is 0 Å².